The van der Waals surface area contributed by atoms with Gasteiger partial charge < -0.3 is 46.0 Å². The average molecular weight is 847 g/mol. The van der Waals surface area contributed by atoms with Gasteiger partial charge >= 0.3 is 11.9 Å². The molecule has 2 aromatic heterocycles. The van der Waals surface area contributed by atoms with Crippen LogP contribution in [0.3, 0.4) is 0 Å². The van der Waals surface area contributed by atoms with Crippen molar-refractivity contribution in [1.29, 1.82) is 0 Å². The van der Waals surface area contributed by atoms with Gasteiger partial charge in [0, 0.05) is 62.7 Å². The maximum atomic E-state index is 13.3. The lowest BCUT2D eigenvalue weighted by Crippen LogP contribution is -2.46. The summed E-state index contributed by atoms with van der Waals surface area (Å²) in [6.07, 6.45) is 15.7. The van der Waals surface area contributed by atoms with Crippen molar-refractivity contribution in [2.45, 2.75) is 139 Å². The van der Waals surface area contributed by atoms with E-state index >= 15 is 0 Å². The highest BCUT2D eigenvalue weighted by Gasteiger charge is 2.40. The summed E-state index contributed by atoms with van der Waals surface area (Å²) < 4.78 is 5.50. The Labute approximate surface area is 361 Å². The van der Waals surface area contributed by atoms with Crippen LogP contribution in [0.25, 0.3) is 0 Å². The van der Waals surface area contributed by atoms with Crippen molar-refractivity contribution in [3.05, 3.63) is 46.8 Å². The van der Waals surface area contributed by atoms with E-state index in [2.05, 4.69) is 33.1 Å². The molecule has 2 aromatic rings. The van der Waals surface area contributed by atoms with Crippen molar-refractivity contribution >= 4 is 35.4 Å². The molecule has 6 N–H and O–H groups in total. The highest BCUT2D eigenvalue weighted by atomic mass is 16.5. The minimum atomic E-state index is -0.822. The molecule has 15 nitrogen and oxygen atoms in total. The number of carbonyl (C=O) groups excluding carboxylic acids is 2. The number of morpholine rings is 1. The Morgan fingerprint density at radius 2 is 1.34 bits per heavy atom. The molecule has 61 heavy (non-hydrogen) atoms. The van der Waals surface area contributed by atoms with E-state index in [0.717, 1.165) is 95.1 Å². The van der Waals surface area contributed by atoms with Crippen molar-refractivity contribution in [3.63, 3.8) is 0 Å². The second-order valence-corrected chi connectivity index (χ2v) is 18.0. The maximum Gasteiger partial charge on any atom is 0.304 e. The number of rotatable bonds is 14. The number of carboxylic acids is 2. The molecule has 5 heterocycles. The first-order valence-electron chi connectivity index (χ1n) is 23.1. The predicted molar refractivity (Wildman–Crippen MR) is 236 cm³/mol. The van der Waals surface area contributed by atoms with Gasteiger partial charge in [0.25, 0.3) is 11.8 Å². The van der Waals surface area contributed by atoms with Crippen molar-refractivity contribution in [1.82, 2.24) is 30.8 Å². The summed E-state index contributed by atoms with van der Waals surface area (Å²) in [6, 6.07) is 7.94. The van der Waals surface area contributed by atoms with Gasteiger partial charge in [-0.2, -0.15) is 0 Å². The Bertz CT molecular complexity index is 1780. The molecule has 2 aliphatic carbocycles. The van der Waals surface area contributed by atoms with Gasteiger partial charge in [0.05, 0.1) is 48.6 Å². The molecule has 0 unspecified atom stereocenters. The van der Waals surface area contributed by atoms with Crippen LogP contribution in [0, 0.1) is 0 Å². The third kappa shape index (κ3) is 12.0. The maximum absolute atomic E-state index is 13.3. The smallest absolute Gasteiger partial charge is 0.304 e. The number of amides is 2. The standard InChI is InChI=1S/C23H34N4O4.C23H36N4O3/c28-20(29)15-23(9-4-10-24-16-23)19-8-7-18(21(26-19)27-11-13-31-14-12-27)22(30)25-17-5-2-1-3-6-17;1-3-13-25-21-18(22(30)27(2)17-8-5-4-6-9-17)10-11-19(26-21)23(15-20(28)29)12-7-14-24-16-23/h7-8,17,24H,1-6,9-16H2,(H,25,30)(H,28,29);10-11,17,24H,3-9,12-16H2,1-2H3,(H,25,26)(H,28,29)/t2*23-/m00/s1. The summed E-state index contributed by atoms with van der Waals surface area (Å²) in [5.41, 5.74) is 1.58. The molecular formula is C46H70N8O7. The van der Waals surface area contributed by atoms with E-state index in [0.29, 0.717) is 68.7 Å². The second-order valence-electron chi connectivity index (χ2n) is 18.0. The molecule has 3 saturated heterocycles. The van der Waals surface area contributed by atoms with Gasteiger partial charge in [0.2, 0.25) is 0 Å². The molecular weight excluding hydrogens is 777 g/mol. The van der Waals surface area contributed by atoms with Crippen LogP contribution in [0.1, 0.15) is 148 Å². The molecule has 0 spiro atoms. The van der Waals surface area contributed by atoms with Crippen LogP contribution in [0.15, 0.2) is 24.3 Å². The van der Waals surface area contributed by atoms with Gasteiger partial charge in [0.1, 0.15) is 11.6 Å². The number of piperidine rings is 2. The molecule has 7 rings (SSSR count). The number of hydrogen-bond donors (Lipinski definition) is 6. The quantitative estimate of drug-likeness (QED) is 0.140. The van der Waals surface area contributed by atoms with Gasteiger partial charge in [-0.3, -0.25) is 19.2 Å². The molecule has 5 aliphatic rings. The molecule has 336 valence electrons. The van der Waals surface area contributed by atoms with E-state index in [4.69, 9.17) is 14.7 Å². The lowest BCUT2D eigenvalue weighted by Gasteiger charge is -2.37. The number of pyridine rings is 2. The van der Waals surface area contributed by atoms with Crippen LogP contribution in [0.2, 0.25) is 0 Å². The molecule has 2 atom stereocenters. The summed E-state index contributed by atoms with van der Waals surface area (Å²) >= 11 is 0. The van der Waals surface area contributed by atoms with Crippen molar-refractivity contribution < 1.29 is 34.1 Å². The predicted octanol–water partition coefficient (Wildman–Crippen LogP) is 5.48. The largest absolute Gasteiger partial charge is 0.481 e. The molecule has 0 bridgehead atoms. The van der Waals surface area contributed by atoms with E-state index < -0.39 is 22.8 Å². The van der Waals surface area contributed by atoms with Crippen LogP contribution in [-0.2, 0) is 25.2 Å². The monoisotopic (exact) mass is 847 g/mol. The van der Waals surface area contributed by atoms with Crippen LogP contribution in [0.5, 0.6) is 0 Å². The third-order valence-electron chi connectivity index (χ3n) is 13.5. The zero-order valence-electron chi connectivity index (χ0n) is 36.6. The zero-order valence-corrected chi connectivity index (χ0v) is 36.6. The Hall–Kier alpha value is -4.34. The normalized spacial score (nSPS) is 23.9. The summed E-state index contributed by atoms with van der Waals surface area (Å²) in [5.74, 6) is -0.491. The molecule has 15 heteroatoms. The second kappa shape index (κ2) is 22.1. The Morgan fingerprint density at radius 1 is 0.787 bits per heavy atom. The lowest BCUT2D eigenvalue weighted by atomic mass is 9.74. The van der Waals surface area contributed by atoms with E-state index in [9.17, 15) is 29.4 Å². The fourth-order valence-corrected chi connectivity index (χ4v) is 10.0. The van der Waals surface area contributed by atoms with E-state index in [1.807, 2.05) is 36.2 Å². The SMILES string of the molecule is CCCNc1nc([C@]2(CC(=O)O)CCCNC2)ccc1C(=O)N(C)C1CCCCC1.O=C(O)C[C@@]1(c2ccc(C(=O)NC3CCCCC3)c(N3CCOCC3)n2)CCCNC1. The number of aliphatic carboxylic acids is 2. The Balaban J connectivity index is 0.000000204. The number of carbonyl (C=O) groups is 4. The summed E-state index contributed by atoms with van der Waals surface area (Å²) in [7, 11) is 1.90. The van der Waals surface area contributed by atoms with E-state index in [1.165, 1.54) is 25.7 Å². The van der Waals surface area contributed by atoms with E-state index in [-0.39, 0.29) is 36.7 Å². The molecule has 5 fully saturated rings. The van der Waals surface area contributed by atoms with Crippen LogP contribution >= 0.6 is 0 Å². The summed E-state index contributed by atoms with van der Waals surface area (Å²) in [6.45, 7) is 8.28. The van der Waals surface area contributed by atoms with Gasteiger partial charge in [-0.25, -0.2) is 9.97 Å². The number of ether oxygens (including phenoxy) is 1. The lowest BCUT2D eigenvalue weighted by molar-refractivity contribution is -0.139. The Morgan fingerprint density at radius 3 is 1.89 bits per heavy atom. The summed E-state index contributed by atoms with van der Waals surface area (Å²) in [5, 5.41) is 32.4. The summed E-state index contributed by atoms with van der Waals surface area (Å²) in [4.78, 5) is 63.6. The number of anilines is 2. The van der Waals surface area contributed by atoms with E-state index in [1.54, 1.807) is 0 Å². The Kier molecular flexibility index (Phi) is 16.8. The first-order chi connectivity index (χ1) is 29.5. The molecule has 2 saturated carbocycles. The molecule has 2 amide bonds. The number of nitrogens with zero attached hydrogens (tertiary/aromatic N) is 4. The highest BCUT2D eigenvalue weighted by Crippen LogP contribution is 2.37. The average Bonchev–Trinajstić information content (AvgIpc) is 3.29. The number of nitrogens with one attached hydrogen (secondary N) is 4. The first-order valence-corrected chi connectivity index (χ1v) is 23.1. The third-order valence-corrected chi connectivity index (χ3v) is 13.5. The van der Waals surface area contributed by atoms with Crippen LogP contribution in [0.4, 0.5) is 11.6 Å². The molecule has 0 radical (unpaired) electrons. The number of hydrogen-bond acceptors (Lipinski definition) is 11. The number of aromatic nitrogens is 2. The van der Waals surface area contributed by atoms with Crippen LogP contribution < -0.4 is 26.2 Å². The van der Waals surface area contributed by atoms with Crippen LogP contribution in [-0.4, -0.2) is 127 Å². The van der Waals surface area contributed by atoms with Gasteiger partial charge in [0.15, 0.2) is 0 Å². The van der Waals surface area contributed by atoms with Crippen molar-refractivity contribution in [3.8, 4) is 0 Å². The molecule has 0 aromatic carbocycles. The highest BCUT2D eigenvalue weighted by molar-refractivity contribution is 5.99. The minimum absolute atomic E-state index is 0.00592. The van der Waals surface area contributed by atoms with Gasteiger partial charge in [-0.05, 0) is 95.1 Å². The number of carboxylic acid groups (broad SMARTS) is 2. The fraction of sp³-hybridized carbons (Fsp3) is 0.696. The van der Waals surface area contributed by atoms with Crippen molar-refractivity contribution in [2.24, 2.45) is 0 Å². The van der Waals surface area contributed by atoms with Crippen molar-refractivity contribution in [2.75, 3.05) is 76.3 Å². The van der Waals surface area contributed by atoms with Gasteiger partial charge in [-0.15, -0.1) is 0 Å². The first kappa shape index (κ1) is 46.2. The zero-order chi connectivity index (χ0) is 43.2. The fourth-order valence-electron chi connectivity index (χ4n) is 10.0. The minimum Gasteiger partial charge on any atom is -0.481 e. The molecule has 3 aliphatic heterocycles. The van der Waals surface area contributed by atoms with Gasteiger partial charge in [-0.1, -0.05) is 45.4 Å². The topological polar surface area (TPSA) is 198 Å².